The largest absolute Gasteiger partial charge is 0.331 e. The first-order chi connectivity index (χ1) is 12.5. The van der Waals surface area contributed by atoms with Crippen molar-refractivity contribution in [2.45, 2.75) is 13.0 Å². The maximum Gasteiger partial charge on any atom is 0.227 e. The predicted molar refractivity (Wildman–Crippen MR) is 102 cm³/mol. The zero-order valence-electron chi connectivity index (χ0n) is 14.9. The lowest BCUT2D eigenvalue weighted by molar-refractivity contribution is -0.917. The Labute approximate surface area is 154 Å². The Balaban J connectivity index is 1.37. The van der Waals surface area contributed by atoms with Crippen molar-refractivity contribution >= 4 is 26.5 Å². The number of hydrogen-bond donors (Lipinski definition) is 1. The molecule has 2 saturated heterocycles. The smallest absolute Gasteiger partial charge is 0.227 e. The first-order valence-electron chi connectivity index (χ1n) is 9.31. The summed E-state index contributed by atoms with van der Waals surface area (Å²) in [6.07, 6.45) is 0.490. The molecule has 2 aromatic carbocycles. The SMILES string of the molecule is O=C([C@@H]1CCS(=O)(=O)C1)N1CC[NH+](Cc2cccc3ccccc23)CC1. The van der Waals surface area contributed by atoms with E-state index in [-0.39, 0.29) is 23.3 Å². The third kappa shape index (κ3) is 3.62. The minimum atomic E-state index is -3.00. The second-order valence-corrected chi connectivity index (χ2v) is 9.72. The van der Waals surface area contributed by atoms with Crippen LogP contribution in [0.3, 0.4) is 0 Å². The summed E-state index contributed by atoms with van der Waals surface area (Å²) in [5.41, 5.74) is 1.35. The maximum atomic E-state index is 12.6. The molecule has 2 aliphatic rings. The van der Waals surface area contributed by atoms with E-state index in [2.05, 4.69) is 42.5 Å². The molecule has 1 amide bonds. The van der Waals surface area contributed by atoms with Gasteiger partial charge in [-0.05, 0) is 17.2 Å². The van der Waals surface area contributed by atoms with Crippen LogP contribution in [-0.2, 0) is 21.2 Å². The number of nitrogens with zero attached hydrogens (tertiary/aromatic N) is 1. The molecule has 0 bridgehead atoms. The standard InChI is InChI=1S/C20H24N2O3S/c23-20(18-8-13-26(24,25)15-18)22-11-9-21(10-12-22)14-17-6-3-5-16-4-1-2-7-19(16)17/h1-7,18H,8-15H2/p+1/t18-/m1/s1. The molecule has 2 aromatic rings. The average Bonchev–Trinajstić information content (AvgIpc) is 3.02. The fourth-order valence-corrected chi connectivity index (χ4v) is 5.92. The van der Waals surface area contributed by atoms with Crippen molar-refractivity contribution in [3.63, 3.8) is 0 Å². The van der Waals surface area contributed by atoms with Gasteiger partial charge in [0.15, 0.2) is 9.84 Å². The monoisotopic (exact) mass is 373 g/mol. The van der Waals surface area contributed by atoms with Crippen LogP contribution in [0.25, 0.3) is 10.8 Å². The van der Waals surface area contributed by atoms with Gasteiger partial charge in [-0.2, -0.15) is 0 Å². The molecule has 26 heavy (non-hydrogen) atoms. The quantitative estimate of drug-likeness (QED) is 0.853. The highest BCUT2D eigenvalue weighted by molar-refractivity contribution is 7.91. The molecule has 2 aliphatic heterocycles. The Kier molecular flexibility index (Phi) is 4.71. The van der Waals surface area contributed by atoms with E-state index in [4.69, 9.17) is 0 Å². The van der Waals surface area contributed by atoms with Gasteiger partial charge in [-0.15, -0.1) is 0 Å². The molecule has 1 N–H and O–H groups in total. The molecule has 0 aliphatic carbocycles. The lowest BCUT2D eigenvalue weighted by atomic mass is 10.0. The predicted octanol–water partition coefficient (Wildman–Crippen LogP) is 0.502. The molecule has 4 rings (SSSR count). The summed E-state index contributed by atoms with van der Waals surface area (Å²) in [6.45, 7) is 4.22. The van der Waals surface area contributed by atoms with Gasteiger partial charge in [0.1, 0.15) is 6.54 Å². The summed E-state index contributed by atoms with van der Waals surface area (Å²) in [6, 6.07) is 14.9. The molecule has 138 valence electrons. The summed E-state index contributed by atoms with van der Waals surface area (Å²) in [5, 5.41) is 2.57. The Hall–Kier alpha value is -1.92. The fraction of sp³-hybridized carbons (Fsp3) is 0.450. The van der Waals surface area contributed by atoms with Gasteiger partial charge >= 0.3 is 0 Å². The van der Waals surface area contributed by atoms with Crippen molar-refractivity contribution in [1.82, 2.24) is 4.90 Å². The summed E-state index contributed by atoms with van der Waals surface area (Å²) < 4.78 is 23.2. The summed E-state index contributed by atoms with van der Waals surface area (Å²) in [4.78, 5) is 15.9. The molecule has 2 fully saturated rings. The van der Waals surface area contributed by atoms with Crippen LogP contribution < -0.4 is 4.90 Å². The number of fused-ring (bicyclic) bond motifs is 1. The van der Waals surface area contributed by atoms with Crippen LogP contribution in [0.15, 0.2) is 42.5 Å². The Bertz CT molecular complexity index is 912. The van der Waals surface area contributed by atoms with Crippen molar-refractivity contribution in [3.05, 3.63) is 48.0 Å². The topological polar surface area (TPSA) is 58.9 Å². The first-order valence-corrected chi connectivity index (χ1v) is 11.1. The van der Waals surface area contributed by atoms with E-state index in [1.54, 1.807) is 0 Å². The summed E-state index contributed by atoms with van der Waals surface area (Å²) >= 11 is 0. The fourth-order valence-electron chi connectivity index (χ4n) is 4.18. The van der Waals surface area contributed by atoms with Gasteiger partial charge in [-0.1, -0.05) is 42.5 Å². The zero-order chi connectivity index (χ0) is 18.1. The third-order valence-corrected chi connectivity index (χ3v) is 7.45. The number of nitrogens with one attached hydrogen (secondary N) is 1. The molecule has 0 saturated carbocycles. The molecule has 5 nitrogen and oxygen atoms in total. The first kappa shape index (κ1) is 17.5. The lowest BCUT2D eigenvalue weighted by Gasteiger charge is -2.33. The number of amides is 1. The van der Waals surface area contributed by atoms with Crippen LogP contribution in [0.2, 0.25) is 0 Å². The minimum absolute atomic E-state index is 0.0366. The highest BCUT2D eigenvalue weighted by Crippen LogP contribution is 2.21. The number of quaternary nitrogens is 1. The van der Waals surface area contributed by atoms with Crippen LogP contribution in [0.1, 0.15) is 12.0 Å². The van der Waals surface area contributed by atoms with Gasteiger partial charge in [-0.3, -0.25) is 4.79 Å². The van der Waals surface area contributed by atoms with Gasteiger partial charge in [0.25, 0.3) is 0 Å². The van der Waals surface area contributed by atoms with Gasteiger partial charge < -0.3 is 9.80 Å². The second-order valence-electron chi connectivity index (χ2n) is 7.49. The molecule has 0 radical (unpaired) electrons. The molecule has 6 heteroatoms. The highest BCUT2D eigenvalue weighted by Gasteiger charge is 2.36. The number of hydrogen-bond acceptors (Lipinski definition) is 3. The Morgan fingerprint density at radius 1 is 1.08 bits per heavy atom. The normalized spacial score (nSPS) is 23.4. The molecule has 1 atom stereocenters. The highest BCUT2D eigenvalue weighted by atomic mass is 32.2. The van der Waals surface area contributed by atoms with E-state index >= 15 is 0 Å². The van der Waals surface area contributed by atoms with Crippen molar-refractivity contribution in [1.29, 1.82) is 0 Å². The van der Waals surface area contributed by atoms with Crippen molar-refractivity contribution in [2.75, 3.05) is 37.7 Å². The van der Waals surface area contributed by atoms with Crippen LogP contribution in [0.4, 0.5) is 0 Å². The number of piperazine rings is 1. The van der Waals surface area contributed by atoms with E-state index in [1.807, 2.05) is 4.90 Å². The molecule has 0 aromatic heterocycles. The number of sulfone groups is 1. The van der Waals surface area contributed by atoms with E-state index in [1.165, 1.54) is 21.2 Å². The third-order valence-electron chi connectivity index (χ3n) is 5.68. The molecule has 0 unspecified atom stereocenters. The minimum Gasteiger partial charge on any atom is -0.331 e. The van der Waals surface area contributed by atoms with Gasteiger partial charge in [-0.25, -0.2) is 8.42 Å². The molecular formula is C20H25N2O3S+. The molecular weight excluding hydrogens is 348 g/mol. The second kappa shape index (κ2) is 7.00. The van der Waals surface area contributed by atoms with E-state index in [9.17, 15) is 13.2 Å². The number of carbonyl (C=O) groups excluding carboxylic acids is 1. The van der Waals surface area contributed by atoms with E-state index in [0.717, 1.165) is 32.7 Å². The van der Waals surface area contributed by atoms with Crippen molar-refractivity contribution < 1.29 is 18.1 Å². The number of benzene rings is 2. The van der Waals surface area contributed by atoms with Crippen LogP contribution in [0.5, 0.6) is 0 Å². The molecule has 0 spiro atoms. The Morgan fingerprint density at radius 3 is 2.54 bits per heavy atom. The zero-order valence-corrected chi connectivity index (χ0v) is 15.7. The molecule has 2 heterocycles. The van der Waals surface area contributed by atoms with E-state index < -0.39 is 9.84 Å². The van der Waals surface area contributed by atoms with Gasteiger partial charge in [0.05, 0.1) is 43.6 Å². The summed E-state index contributed by atoms with van der Waals surface area (Å²) in [5.74, 6) is -0.0835. The number of carbonyl (C=O) groups is 1. The van der Waals surface area contributed by atoms with Gasteiger partial charge in [0.2, 0.25) is 5.91 Å². The van der Waals surface area contributed by atoms with Crippen molar-refractivity contribution in [2.24, 2.45) is 5.92 Å². The number of rotatable bonds is 3. The summed E-state index contributed by atoms with van der Waals surface area (Å²) in [7, 11) is -3.00. The van der Waals surface area contributed by atoms with E-state index in [0.29, 0.717) is 6.42 Å². The Morgan fingerprint density at radius 2 is 1.81 bits per heavy atom. The average molecular weight is 373 g/mol. The maximum absolute atomic E-state index is 12.6. The van der Waals surface area contributed by atoms with Gasteiger partial charge in [0, 0.05) is 5.56 Å². The van der Waals surface area contributed by atoms with Crippen LogP contribution >= 0.6 is 0 Å². The van der Waals surface area contributed by atoms with Crippen LogP contribution in [0, 0.1) is 5.92 Å². The van der Waals surface area contributed by atoms with Crippen LogP contribution in [-0.4, -0.2) is 56.9 Å². The van der Waals surface area contributed by atoms with Crippen molar-refractivity contribution in [3.8, 4) is 0 Å². The lowest BCUT2D eigenvalue weighted by Crippen LogP contribution is -3.13.